The van der Waals surface area contributed by atoms with E-state index in [0.717, 1.165) is 11.3 Å². The van der Waals surface area contributed by atoms with E-state index in [1.165, 1.54) is 4.90 Å². The first-order chi connectivity index (χ1) is 11.0. The van der Waals surface area contributed by atoms with E-state index in [1.807, 2.05) is 44.2 Å². The van der Waals surface area contributed by atoms with E-state index in [0.29, 0.717) is 11.3 Å². The van der Waals surface area contributed by atoms with E-state index in [1.54, 1.807) is 24.3 Å². The van der Waals surface area contributed by atoms with Gasteiger partial charge < -0.3 is 4.74 Å². The van der Waals surface area contributed by atoms with Crippen molar-refractivity contribution in [2.24, 2.45) is 0 Å². The number of amides is 1. The lowest BCUT2D eigenvalue weighted by Crippen LogP contribution is -2.40. The molecular weight excluding hydrogens is 288 g/mol. The second-order valence-electron chi connectivity index (χ2n) is 5.64. The minimum atomic E-state index is -0.678. The first kappa shape index (κ1) is 14.7. The highest BCUT2D eigenvalue weighted by molar-refractivity contribution is 5.99. The molecule has 0 bridgehead atoms. The van der Waals surface area contributed by atoms with Gasteiger partial charge in [0.25, 0.3) is 0 Å². The second-order valence-corrected chi connectivity index (χ2v) is 5.64. The van der Waals surface area contributed by atoms with Crippen LogP contribution in [-0.2, 0) is 10.3 Å². The van der Waals surface area contributed by atoms with E-state index in [9.17, 15) is 4.79 Å². The Balaban J connectivity index is 2.13. The summed E-state index contributed by atoms with van der Waals surface area (Å²) in [5.41, 5.74) is 2.37. The molecule has 0 radical (unpaired) electrons. The van der Waals surface area contributed by atoms with Gasteiger partial charge in [-0.1, -0.05) is 30.2 Å². The topological polar surface area (TPSA) is 53.3 Å². The Kier molecular flexibility index (Phi) is 3.52. The number of nitriles is 1. The third-order valence-electron chi connectivity index (χ3n) is 3.69. The fourth-order valence-corrected chi connectivity index (χ4v) is 2.66. The lowest BCUT2D eigenvalue weighted by molar-refractivity contribution is 0.0374. The van der Waals surface area contributed by atoms with Gasteiger partial charge in [0.2, 0.25) is 0 Å². The van der Waals surface area contributed by atoms with E-state index >= 15 is 0 Å². The highest BCUT2D eigenvalue weighted by Crippen LogP contribution is 2.41. The zero-order chi connectivity index (χ0) is 16.4. The van der Waals surface area contributed by atoms with E-state index in [-0.39, 0.29) is 0 Å². The predicted octanol–water partition coefficient (Wildman–Crippen LogP) is 4.09. The molecule has 4 nitrogen and oxygen atoms in total. The first-order valence-corrected chi connectivity index (χ1v) is 7.16. The van der Waals surface area contributed by atoms with Crippen LogP contribution in [0.4, 0.5) is 16.2 Å². The number of rotatable bonds is 1. The van der Waals surface area contributed by atoms with Crippen LogP contribution in [0.2, 0.25) is 0 Å². The molecule has 0 spiro atoms. The van der Waals surface area contributed by atoms with Crippen molar-refractivity contribution in [1.29, 1.82) is 5.26 Å². The molecule has 0 fully saturated rings. The maximum absolute atomic E-state index is 12.5. The first-order valence-electron chi connectivity index (χ1n) is 7.16. The Morgan fingerprint density at radius 2 is 1.91 bits per heavy atom. The molecule has 0 atom stereocenters. The predicted molar refractivity (Wildman–Crippen MR) is 87.0 cm³/mol. The lowest BCUT2D eigenvalue weighted by Gasteiger charge is -2.38. The maximum Gasteiger partial charge on any atom is 0.419 e. The summed E-state index contributed by atoms with van der Waals surface area (Å²) in [6.45, 7) is 3.74. The van der Waals surface area contributed by atoms with Crippen molar-refractivity contribution >= 4 is 17.5 Å². The highest BCUT2D eigenvalue weighted by atomic mass is 16.6. The molecule has 112 valence electrons. The number of ether oxygens (including phenoxy) is 1. The summed E-state index contributed by atoms with van der Waals surface area (Å²) in [6, 6.07) is 16.6. The van der Waals surface area contributed by atoms with Crippen LogP contribution in [0.5, 0.6) is 0 Å². The third-order valence-corrected chi connectivity index (χ3v) is 3.69. The molecule has 23 heavy (non-hydrogen) atoms. The Bertz CT molecular complexity index is 882. The van der Waals surface area contributed by atoms with Gasteiger partial charge in [-0.3, -0.25) is 0 Å². The number of hydrogen-bond donors (Lipinski definition) is 0. The second kappa shape index (κ2) is 5.51. The van der Waals surface area contributed by atoms with Crippen molar-refractivity contribution in [1.82, 2.24) is 0 Å². The van der Waals surface area contributed by atoms with Crippen LogP contribution in [0.15, 0.2) is 48.5 Å². The van der Waals surface area contributed by atoms with E-state index in [2.05, 4.69) is 11.8 Å². The van der Waals surface area contributed by atoms with E-state index in [4.69, 9.17) is 10.00 Å². The molecule has 2 aromatic carbocycles. The molecule has 0 N–H and O–H groups in total. The summed E-state index contributed by atoms with van der Waals surface area (Å²) in [4.78, 5) is 14.0. The summed E-state index contributed by atoms with van der Waals surface area (Å²) < 4.78 is 5.59. The van der Waals surface area contributed by atoms with Crippen LogP contribution in [0.25, 0.3) is 0 Å². The van der Waals surface area contributed by atoms with Gasteiger partial charge in [0.15, 0.2) is 6.07 Å². The number of carbonyl (C=O) groups is 1. The fraction of sp³-hybridized carbons (Fsp3) is 0.158. The smallest absolute Gasteiger partial charge is 0.419 e. The summed E-state index contributed by atoms with van der Waals surface area (Å²) >= 11 is 0. The SMILES string of the molecule is CC1(C)OC(=O)N(c2cccc(C#CC#N)c2)c2ccccc21. The van der Waals surface area contributed by atoms with Gasteiger partial charge in [0.1, 0.15) is 5.60 Å². The van der Waals surface area contributed by atoms with Gasteiger partial charge in [-0.25, -0.2) is 9.69 Å². The zero-order valence-electron chi connectivity index (χ0n) is 12.8. The summed E-state index contributed by atoms with van der Waals surface area (Å²) in [5.74, 6) is 5.10. The van der Waals surface area contributed by atoms with Crippen molar-refractivity contribution in [3.8, 4) is 17.9 Å². The molecule has 4 heteroatoms. The van der Waals surface area contributed by atoms with Crippen LogP contribution < -0.4 is 4.90 Å². The standard InChI is InChI=1S/C19H14N2O2/c1-19(2)16-10-3-4-11-17(16)21(18(22)23-19)15-9-5-7-14(13-15)8-6-12-20/h3-5,7,9-11,13H,1-2H3. The maximum atomic E-state index is 12.5. The van der Waals surface area contributed by atoms with Crippen LogP contribution >= 0.6 is 0 Å². The number of hydrogen-bond acceptors (Lipinski definition) is 3. The number of carbonyl (C=O) groups excluding carboxylic acids is 1. The molecule has 0 aromatic heterocycles. The van der Waals surface area contributed by atoms with Crippen LogP contribution in [0, 0.1) is 23.2 Å². The van der Waals surface area contributed by atoms with Crippen molar-refractivity contribution in [2.75, 3.05) is 4.90 Å². The van der Waals surface area contributed by atoms with Crippen LogP contribution in [0.1, 0.15) is 25.0 Å². The Morgan fingerprint density at radius 1 is 1.13 bits per heavy atom. The third kappa shape index (κ3) is 2.63. The summed E-state index contributed by atoms with van der Waals surface area (Å²) in [7, 11) is 0. The number of cyclic esters (lactones) is 1. The van der Waals surface area contributed by atoms with Crippen molar-refractivity contribution in [3.63, 3.8) is 0 Å². The quantitative estimate of drug-likeness (QED) is 0.746. The van der Waals surface area contributed by atoms with Gasteiger partial charge in [-0.2, -0.15) is 5.26 Å². The monoisotopic (exact) mass is 302 g/mol. The molecular formula is C19H14N2O2. The van der Waals surface area contributed by atoms with Gasteiger partial charge in [-0.15, -0.1) is 0 Å². The highest BCUT2D eigenvalue weighted by Gasteiger charge is 2.38. The van der Waals surface area contributed by atoms with Gasteiger partial charge in [0, 0.05) is 17.0 Å². The Morgan fingerprint density at radius 3 is 2.70 bits per heavy atom. The molecule has 2 aromatic rings. The van der Waals surface area contributed by atoms with E-state index < -0.39 is 11.7 Å². The minimum Gasteiger partial charge on any atom is -0.438 e. The summed E-state index contributed by atoms with van der Waals surface area (Å²) in [6.07, 6.45) is -0.431. The zero-order valence-corrected chi connectivity index (χ0v) is 12.8. The molecule has 3 rings (SSSR count). The summed E-state index contributed by atoms with van der Waals surface area (Å²) in [5, 5.41) is 8.57. The van der Waals surface area contributed by atoms with Crippen LogP contribution in [0.3, 0.4) is 0 Å². The Hall–Kier alpha value is -3.24. The molecule has 1 amide bonds. The number of anilines is 2. The van der Waals surface area contributed by atoms with Crippen LogP contribution in [-0.4, -0.2) is 6.09 Å². The molecule has 0 saturated carbocycles. The fourth-order valence-electron chi connectivity index (χ4n) is 2.66. The largest absolute Gasteiger partial charge is 0.438 e. The average Bonchev–Trinajstić information content (AvgIpc) is 2.53. The lowest BCUT2D eigenvalue weighted by atomic mass is 9.94. The van der Waals surface area contributed by atoms with Gasteiger partial charge in [-0.05, 0) is 38.1 Å². The minimum absolute atomic E-state index is 0.431. The molecule has 0 saturated heterocycles. The normalized spacial score (nSPS) is 14.8. The van der Waals surface area contributed by atoms with Gasteiger partial charge >= 0.3 is 6.09 Å². The number of nitrogens with zero attached hydrogens (tertiary/aromatic N) is 2. The van der Waals surface area contributed by atoms with Crippen molar-refractivity contribution in [2.45, 2.75) is 19.4 Å². The molecule has 0 unspecified atom stereocenters. The van der Waals surface area contributed by atoms with Crippen molar-refractivity contribution < 1.29 is 9.53 Å². The van der Waals surface area contributed by atoms with Crippen molar-refractivity contribution in [3.05, 3.63) is 59.7 Å². The number of para-hydroxylation sites is 1. The average molecular weight is 302 g/mol. The number of fused-ring (bicyclic) bond motifs is 1. The van der Waals surface area contributed by atoms with Gasteiger partial charge in [0.05, 0.1) is 11.4 Å². The number of benzene rings is 2. The molecule has 1 aliphatic rings. The molecule has 1 heterocycles. The molecule has 0 aliphatic carbocycles. The Labute approximate surface area is 134 Å². The molecule has 1 aliphatic heterocycles.